The van der Waals surface area contributed by atoms with Crippen LogP contribution in [0.25, 0.3) is 0 Å². The molecule has 7 nitrogen and oxygen atoms in total. The van der Waals surface area contributed by atoms with E-state index in [1.807, 2.05) is 4.90 Å². The van der Waals surface area contributed by atoms with Crippen molar-refractivity contribution in [1.29, 1.82) is 5.26 Å². The number of hydrogen-bond donors (Lipinski definition) is 3. The minimum Gasteiger partial charge on any atom is -0.365 e. The van der Waals surface area contributed by atoms with Crippen LogP contribution in [0.3, 0.4) is 0 Å². The molecule has 1 saturated heterocycles. The maximum absolute atomic E-state index is 14.0. The third-order valence-electron chi connectivity index (χ3n) is 5.27. The molecule has 9 heteroatoms. The summed E-state index contributed by atoms with van der Waals surface area (Å²) in [6.45, 7) is 0.952. The molecule has 1 heterocycles. The smallest absolute Gasteiger partial charge is 0.317 e. The molecule has 1 aromatic rings. The lowest BCUT2D eigenvalue weighted by molar-refractivity contribution is -0.0709. The standard InChI is InChI=1S/C19H25ClFN5O2/c1-23-18(27)25-10-12(8-22)6-16(11-25)26(15-4-5-15)19(28)24-9-13-2-3-14(20)7-17(13)21/h2-3,7,12,15-16,19,24,28H,4-6,9-11H2,1H3,(H,23,27)/t12-,16-,19?/m1/s1. The predicted molar refractivity (Wildman–Crippen MR) is 103 cm³/mol. The van der Waals surface area contributed by atoms with Crippen LogP contribution in [0, 0.1) is 23.1 Å². The molecule has 3 N–H and O–H groups in total. The van der Waals surface area contributed by atoms with Crippen LogP contribution in [0.15, 0.2) is 18.2 Å². The molecular formula is C19H25ClFN5O2. The number of likely N-dealkylation sites (tertiary alicyclic amines) is 1. The third kappa shape index (κ3) is 4.92. The first-order valence-electron chi connectivity index (χ1n) is 9.42. The highest BCUT2D eigenvalue weighted by atomic mass is 35.5. The normalized spacial score (nSPS) is 23.4. The highest BCUT2D eigenvalue weighted by molar-refractivity contribution is 6.30. The van der Waals surface area contributed by atoms with Gasteiger partial charge in [-0.05, 0) is 31.4 Å². The topological polar surface area (TPSA) is 91.6 Å². The van der Waals surface area contributed by atoms with Gasteiger partial charge in [0.15, 0.2) is 6.35 Å². The van der Waals surface area contributed by atoms with E-state index in [0.717, 1.165) is 12.8 Å². The third-order valence-corrected chi connectivity index (χ3v) is 5.51. The number of aliphatic hydroxyl groups excluding tert-OH is 1. The first-order valence-corrected chi connectivity index (χ1v) is 9.79. The first kappa shape index (κ1) is 20.8. The van der Waals surface area contributed by atoms with Gasteiger partial charge >= 0.3 is 6.03 Å². The molecule has 0 spiro atoms. The van der Waals surface area contributed by atoms with E-state index in [2.05, 4.69) is 16.7 Å². The maximum Gasteiger partial charge on any atom is 0.317 e. The Morgan fingerprint density at radius 1 is 1.46 bits per heavy atom. The number of halogens is 2. The number of carbonyl (C=O) groups excluding carboxylic acids is 1. The van der Waals surface area contributed by atoms with E-state index < -0.39 is 12.2 Å². The number of piperidine rings is 1. The van der Waals surface area contributed by atoms with Gasteiger partial charge in [0.25, 0.3) is 0 Å². The van der Waals surface area contributed by atoms with Gasteiger partial charge in [-0.3, -0.25) is 10.2 Å². The van der Waals surface area contributed by atoms with Gasteiger partial charge in [-0.1, -0.05) is 17.7 Å². The molecule has 3 rings (SSSR count). The summed E-state index contributed by atoms with van der Waals surface area (Å²) < 4.78 is 14.0. The van der Waals surface area contributed by atoms with Crippen molar-refractivity contribution in [2.45, 2.75) is 44.2 Å². The van der Waals surface area contributed by atoms with Gasteiger partial charge in [0.05, 0.1) is 12.0 Å². The van der Waals surface area contributed by atoms with Gasteiger partial charge in [0.1, 0.15) is 5.82 Å². The summed E-state index contributed by atoms with van der Waals surface area (Å²) in [5.74, 6) is -0.726. The number of nitrogens with zero attached hydrogens (tertiary/aromatic N) is 3. The molecule has 0 radical (unpaired) electrons. The van der Waals surface area contributed by atoms with Gasteiger partial charge in [-0.15, -0.1) is 0 Å². The van der Waals surface area contributed by atoms with E-state index in [0.29, 0.717) is 30.1 Å². The zero-order chi connectivity index (χ0) is 20.3. The van der Waals surface area contributed by atoms with Crippen LogP contribution in [0.1, 0.15) is 24.8 Å². The fourth-order valence-corrected chi connectivity index (χ4v) is 3.91. The molecule has 2 amide bonds. The van der Waals surface area contributed by atoms with Crippen LogP contribution in [-0.4, -0.2) is 59.5 Å². The van der Waals surface area contributed by atoms with Crippen molar-refractivity contribution in [3.05, 3.63) is 34.6 Å². The largest absolute Gasteiger partial charge is 0.365 e. The van der Waals surface area contributed by atoms with Crippen LogP contribution in [0.5, 0.6) is 0 Å². The summed E-state index contributed by atoms with van der Waals surface area (Å²) in [5, 5.41) is 26.1. The average molecular weight is 410 g/mol. The molecule has 2 fully saturated rings. The van der Waals surface area contributed by atoms with E-state index in [4.69, 9.17) is 11.6 Å². The summed E-state index contributed by atoms with van der Waals surface area (Å²) in [4.78, 5) is 15.6. The lowest BCUT2D eigenvalue weighted by Gasteiger charge is -2.43. The number of hydrogen-bond acceptors (Lipinski definition) is 5. The Kier molecular flexibility index (Phi) is 6.73. The molecule has 0 aromatic heterocycles. The zero-order valence-electron chi connectivity index (χ0n) is 15.7. The fourth-order valence-electron chi connectivity index (χ4n) is 3.75. The quantitative estimate of drug-likeness (QED) is 0.624. The second-order valence-corrected chi connectivity index (χ2v) is 7.78. The van der Waals surface area contributed by atoms with Crippen molar-refractivity contribution in [3.63, 3.8) is 0 Å². The fraction of sp³-hybridized carbons (Fsp3) is 0.579. The number of carbonyl (C=O) groups is 1. The van der Waals surface area contributed by atoms with Gasteiger partial charge in [0.2, 0.25) is 0 Å². The monoisotopic (exact) mass is 409 g/mol. The van der Waals surface area contributed by atoms with Crippen LogP contribution in [-0.2, 0) is 6.54 Å². The zero-order valence-corrected chi connectivity index (χ0v) is 16.5. The number of benzene rings is 1. The Labute approximate surface area is 169 Å². The second kappa shape index (κ2) is 9.05. The SMILES string of the molecule is CNC(=O)N1C[C@@H](C#N)C[C@@H](N(C2CC2)C(O)NCc2ccc(Cl)cc2F)C1. The van der Waals surface area contributed by atoms with Gasteiger partial charge < -0.3 is 15.3 Å². The molecular weight excluding hydrogens is 385 g/mol. The lowest BCUT2D eigenvalue weighted by atomic mass is 9.94. The molecule has 1 saturated carbocycles. The number of aliphatic hydroxyl groups is 1. The second-order valence-electron chi connectivity index (χ2n) is 7.34. The number of amides is 2. The van der Waals surface area contributed by atoms with Crippen LogP contribution < -0.4 is 10.6 Å². The Hall–Kier alpha value is -1.92. The van der Waals surface area contributed by atoms with Crippen molar-refractivity contribution in [2.24, 2.45) is 5.92 Å². The molecule has 1 aliphatic heterocycles. The molecule has 1 unspecified atom stereocenters. The average Bonchev–Trinajstić information content (AvgIpc) is 3.51. The summed E-state index contributed by atoms with van der Waals surface area (Å²) in [6.07, 6.45) is 1.47. The highest BCUT2D eigenvalue weighted by Gasteiger charge is 2.42. The minimum atomic E-state index is -1.00. The Balaban J connectivity index is 1.69. The Morgan fingerprint density at radius 3 is 2.82 bits per heavy atom. The van der Waals surface area contributed by atoms with Crippen LogP contribution in [0.4, 0.5) is 9.18 Å². The van der Waals surface area contributed by atoms with Crippen molar-refractivity contribution in [2.75, 3.05) is 20.1 Å². The molecule has 1 aromatic carbocycles. The molecule has 3 atom stereocenters. The van der Waals surface area contributed by atoms with Crippen molar-refractivity contribution < 1.29 is 14.3 Å². The summed E-state index contributed by atoms with van der Waals surface area (Å²) in [7, 11) is 1.56. The number of urea groups is 1. The van der Waals surface area contributed by atoms with E-state index in [1.54, 1.807) is 24.1 Å². The van der Waals surface area contributed by atoms with Gasteiger partial charge in [-0.2, -0.15) is 5.26 Å². The predicted octanol–water partition coefficient (Wildman–Crippen LogP) is 1.86. The van der Waals surface area contributed by atoms with Crippen LogP contribution in [0.2, 0.25) is 5.02 Å². The number of nitrogens with one attached hydrogen (secondary N) is 2. The van der Waals surface area contributed by atoms with Crippen molar-refractivity contribution in [1.82, 2.24) is 20.4 Å². The van der Waals surface area contributed by atoms with Crippen molar-refractivity contribution >= 4 is 17.6 Å². The minimum absolute atomic E-state index is 0.140. The van der Waals surface area contributed by atoms with Gasteiger partial charge in [-0.25, -0.2) is 9.18 Å². The summed E-state index contributed by atoms with van der Waals surface area (Å²) >= 11 is 5.78. The lowest BCUT2D eigenvalue weighted by Crippen LogP contribution is -2.59. The molecule has 28 heavy (non-hydrogen) atoms. The molecule has 2 aliphatic rings. The molecule has 152 valence electrons. The molecule has 1 aliphatic carbocycles. The Bertz CT molecular complexity index is 754. The summed E-state index contributed by atoms with van der Waals surface area (Å²) in [5.41, 5.74) is 0.407. The van der Waals surface area contributed by atoms with E-state index in [-0.39, 0.29) is 30.6 Å². The molecule has 0 bridgehead atoms. The first-order chi connectivity index (χ1) is 13.4. The summed E-state index contributed by atoms with van der Waals surface area (Å²) in [6, 6.07) is 6.48. The number of nitriles is 1. The van der Waals surface area contributed by atoms with Gasteiger partial charge in [0, 0.05) is 49.4 Å². The van der Waals surface area contributed by atoms with Crippen LogP contribution >= 0.6 is 11.6 Å². The Morgan fingerprint density at radius 2 is 2.21 bits per heavy atom. The van der Waals surface area contributed by atoms with Crippen molar-refractivity contribution in [3.8, 4) is 6.07 Å². The maximum atomic E-state index is 14.0. The van der Waals surface area contributed by atoms with E-state index in [1.165, 1.54) is 6.07 Å². The van der Waals surface area contributed by atoms with E-state index >= 15 is 0 Å². The van der Waals surface area contributed by atoms with E-state index in [9.17, 15) is 19.6 Å². The highest BCUT2D eigenvalue weighted by Crippen LogP contribution is 2.33. The number of rotatable bonds is 6.